The van der Waals surface area contributed by atoms with Crippen molar-refractivity contribution in [2.24, 2.45) is 11.8 Å². The van der Waals surface area contributed by atoms with E-state index >= 15 is 0 Å². The molecule has 4 rings (SSSR count). The number of nitriles is 1. The largest absolute Gasteiger partial charge is 0.356 e. The molecule has 2 fully saturated rings. The third-order valence-corrected chi connectivity index (χ3v) is 6.44. The summed E-state index contributed by atoms with van der Waals surface area (Å²) in [6, 6.07) is 8.44. The Labute approximate surface area is 193 Å². The van der Waals surface area contributed by atoms with E-state index in [1.165, 1.54) is 18.4 Å². The van der Waals surface area contributed by atoms with Gasteiger partial charge in [0.05, 0.1) is 6.07 Å². The third-order valence-electron chi connectivity index (χ3n) is 6.44. The van der Waals surface area contributed by atoms with Crippen LogP contribution in [0.5, 0.6) is 0 Å². The molecule has 0 spiro atoms. The van der Waals surface area contributed by atoms with Crippen LogP contribution in [0.1, 0.15) is 67.9 Å². The molecule has 0 radical (unpaired) electrons. The number of hydrogen-bond acceptors (Lipinski definition) is 4. The fourth-order valence-corrected chi connectivity index (χ4v) is 4.56. The second kappa shape index (κ2) is 9.65. The quantitative estimate of drug-likeness (QED) is 0.469. The molecule has 0 bridgehead atoms. The fraction of sp³-hybridized carbons (Fsp3) is 0.520. The maximum Gasteiger partial charge on any atom is 0.268 e. The Hall–Kier alpha value is -3.34. The van der Waals surface area contributed by atoms with Crippen molar-refractivity contribution in [1.82, 2.24) is 20.9 Å². The predicted molar refractivity (Wildman–Crippen MR) is 124 cm³/mol. The standard InChI is InChI=1S/C25H31N5O3/c1-14(2)10-21(24(32)28-17(13-26)11-16-8-9-27-23(16)31)30-25(33)22-12-19-18(15-6-7-15)4-3-5-20(19)29-22/h3-5,12,14-17,21,29H,6-11H2,1-2H3,(H,27,31)(H,28,32)(H,30,33)/t16-,17-,21-/m0/s1. The number of fused-ring (bicyclic) bond motifs is 1. The van der Waals surface area contributed by atoms with Crippen molar-refractivity contribution in [3.63, 3.8) is 0 Å². The highest BCUT2D eigenvalue weighted by Gasteiger charge is 2.31. The lowest BCUT2D eigenvalue weighted by atomic mass is 9.98. The topological polar surface area (TPSA) is 127 Å². The molecule has 1 aliphatic heterocycles. The zero-order valence-corrected chi connectivity index (χ0v) is 19.1. The lowest BCUT2D eigenvalue weighted by Crippen LogP contribution is -2.50. The van der Waals surface area contributed by atoms with Crippen LogP contribution in [0.25, 0.3) is 10.9 Å². The molecule has 8 nitrogen and oxygen atoms in total. The van der Waals surface area contributed by atoms with Gasteiger partial charge in [0, 0.05) is 23.4 Å². The molecule has 3 atom stereocenters. The molecule has 1 aliphatic carbocycles. The molecule has 2 heterocycles. The Morgan fingerprint density at radius 2 is 2.00 bits per heavy atom. The molecular formula is C25H31N5O3. The molecule has 1 saturated heterocycles. The number of carbonyl (C=O) groups is 3. The minimum Gasteiger partial charge on any atom is -0.356 e. The van der Waals surface area contributed by atoms with E-state index in [1.54, 1.807) is 0 Å². The summed E-state index contributed by atoms with van der Waals surface area (Å²) in [4.78, 5) is 41.1. The van der Waals surface area contributed by atoms with Crippen LogP contribution in [0.3, 0.4) is 0 Å². The summed E-state index contributed by atoms with van der Waals surface area (Å²) in [7, 11) is 0. The van der Waals surface area contributed by atoms with Gasteiger partial charge in [0.25, 0.3) is 5.91 Å². The van der Waals surface area contributed by atoms with Gasteiger partial charge in [0.2, 0.25) is 11.8 Å². The van der Waals surface area contributed by atoms with E-state index in [-0.39, 0.29) is 30.1 Å². The van der Waals surface area contributed by atoms with Crippen molar-refractivity contribution in [3.8, 4) is 6.07 Å². The molecule has 3 amide bonds. The molecule has 174 valence electrons. The molecule has 1 saturated carbocycles. The van der Waals surface area contributed by atoms with Gasteiger partial charge in [-0.25, -0.2) is 0 Å². The molecule has 8 heteroatoms. The highest BCUT2D eigenvalue weighted by molar-refractivity contribution is 6.01. The number of aromatic amines is 1. The molecule has 0 unspecified atom stereocenters. The van der Waals surface area contributed by atoms with Crippen LogP contribution >= 0.6 is 0 Å². The number of nitrogens with zero attached hydrogens (tertiary/aromatic N) is 1. The number of H-pyrrole nitrogens is 1. The smallest absolute Gasteiger partial charge is 0.268 e. The van der Waals surface area contributed by atoms with Gasteiger partial charge < -0.3 is 20.9 Å². The van der Waals surface area contributed by atoms with Crippen molar-refractivity contribution in [2.75, 3.05) is 6.54 Å². The molecule has 2 aliphatic rings. The maximum absolute atomic E-state index is 13.0. The molecule has 4 N–H and O–H groups in total. The maximum atomic E-state index is 13.0. The lowest BCUT2D eigenvalue weighted by Gasteiger charge is -2.22. The summed E-state index contributed by atoms with van der Waals surface area (Å²) in [5, 5.41) is 18.9. The zero-order chi connectivity index (χ0) is 23.5. The Morgan fingerprint density at radius 1 is 1.21 bits per heavy atom. The number of hydrogen-bond donors (Lipinski definition) is 4. The number of amides is 3. The van der Waals surface area contributed by atoms with Gasteiger partial charge in [-0.3, -0.25) is 14.4 Å². The Bertz CT molecular complexity index is 1100. The first kappa shape index (κ1) is 22.8. The molecule has 33 heavy (non-hydrogen) atoms. The number of benzene rings is 1. The third kappa shape index (κ3) is 5.36. The zero-order valence-electron chi connectivity index (χ0n) is 19.1. The minimum atomic E-state index is -0.785. The number of aromatic nitrogens is 1. The van der Waals surface area contributed by atoms with Crippen LogP contribution in [-0.2, 0) is 9.59 Å². The van der Waals surface area contributed by atoms with Crippen molar-refractivity contribution in [1.29, 1.82) is 5.26 Å². The van der Waals surface area contributed by atoms with E-state index in [4.69, 9.17) is 0 Å². The Kier molecular flexibility index (Phi) is 6.68. The number of carbonyl (C=O) groups excluding carboxylic acids is 3. The summed E-state index contributed by atoms with van der Waals surface area (Å²) >= 11 is 0. The van der Waals surface area contributed by atoms with Gasteiger partial charge in [0.15, 0.2) is 0 Å². The molecule has 1 aromatic carbocycles. The van der Waals surface area contributed by atoms with Crippen LogP contribution in [-0.4, -0.2) is 41.3 Å². The Morgan fingerprint density at radius 3 is 2.64 bits per heavy atom. The molecular weight excluding hydrogens is 418 g/mol. The van der Waals surface area contributed by atoms with E-state index in [1.807, 2.05) is 32.0 Å². The monoisotopic (exact) mass is 449 g/mol. The van der Waals surface area contributed by atoms with E-state index < -0.39 is 18.0 Å². The van der Waals surface area contributed by atoms with Crippen LogP contribution in [0.4, 0.5) is 0 Å². The summed E-state index contributed by atoms with van der Waals surface area (Å²) in [5.74, 6) is -0.397. The minimum absolute atomic E-state index is 0.0825. The van der Waals surface area contributed by atoms with Crippen LogP contribution in [0.15, 0.2) is 24.3 Å². The summed E-state index contributed by atoms with van der Waals surface area (Å²) in [5.41, 5.74) is 2.58. The van der Waals surface area contributed by atoms with Gasteiger partial charge in [-0.2, -0.15) is 5.26 Å². The second-order valence-electron chi connectivity index (χ2n) is 9.62. The van der Waals surface area contributed by atoms with Crippen LogP contribution in [0, 0.1) is 23.2 Å². The van der Waals surface area contributed by atoms with Gasteiger partial charge in [-0.1, -0.05) is 26.0 Å². The van der Waals surface area contributed by atoms with Crippen molar-refractivity contribution in [2.45, 2.75) is 64.0 Å². The highest BCUT2D eigenvalue weighted by Crippen LogP contribution is 2.43. The number of nitrogens with one attached hydrogen (secondary N) is 4. The number of rotatable bonds is 9. The van der Waals surface area contributed by atoms with E-state index in [0.717, 1.165) is 10.9 Å². The van der Waals surface area contributed by atoms with Gasteiger partial charge >= 0.3 is 0 Å². The van der Waals surface area contributed by atoms with Crippen molar-refractivity contribution in [3.05, 3.63) is 35.5 Å². The first-order chi connectivity index (χ1) is 15.9. The summed E-state index contributed by atoms with van der Waals surface area (Å²) in [6.45, 7) is 4.54. The van der Waals surface area contributed by atoms with Gasteiger partial charge in [0.1, 0.15) is 17.8 Å². The Balaban J connectivity index is 1.45. The second-order valence-corrected chi connectivity index (χ2v) is 9.62. The van der Waals surface area contributed by atoms with Crippen molar-refractivity contribution >= 4 is 28.6 Å². The summed E-state index contributed by atoms with van der Waals surface area (Å²) in [6.07, 6.45) is 3.70. The lowest BCUT2D eigenvalue weighted by molar-refractivity contribution is -0.125. The normalized spacial score (nSPS) is 19.7. The average molecular weight is 450 g/mol. The SMILES string of the molecule is CC(C)C[C@H](NC(=O)c1cc2c(C3CC3)cccc2[nH]1)C(=O)N[C@H](C#N)C[C@@H]1CCNC1=O. The molecule has 2 aromatic rings. The van der Waals surface area contributed by atoms with Crippen LogP contribution in [0.2, 0.25) is 0 Å². The summed E-state index contributed by atoms with van der Waals surface area (Å²) < 4.78 is 0. The van der Waals surface area contributed by atoms with Gasteiger partial charge in [-0.15, -0.1) is 0 Å². The predicted octanol–water partition coefficient (Wildman–Crippen LogP) is 2.72. The van der Waals surface area contributed by atoms with E-state index in [2.05, 4.69) is 33.1 Å². The average Bonchev–Trinajstić information content (AvgIpc) is 3.40. The molecule has 1 aromatic heterocycles. The van der Waals surface area contributed by atoms with Crippen molar-refractivity contribution < 1.29 is 14.4 Å². The van der Waals surface area contributed by atoms with E-state index in [0.29, 0.717) is 31.0 Å². The highest BCUT2D eigenvalue weighted by atomic mass is 16.2. The van der Waals surface area contributed by atoms with Gasteiger partial charge in [-0.05, 0) is 61.6 Å². The fourth-order valence-electron chi connectivity index (χ4n) is 4.56. The first-order valence-electron chi connectivity index (χ1n) is 11.8. The van der Waals surface area contributed by atoms with E-state index in [9.17, 15) is 19.6 Å². The van der Waals surface area contributed by atoms with Crippen LogP contribution < -0.4 is 16.0 Å². The first-order valence-corrected chi connectivity index (χ1v) is 11.8.